The van der Waals surface area contributed by atoms with E-state index in [0.717, 1.165) is 13.1 Å². The van der Waals surface area contributed by atoms with Crippen LogP contribution in [0.25, 0.3) is 22.3 Å². The number of anilines is 1. The summed E-state index contributed by atoms with van der Waals surface area (Å²) >= 11 is 0. The predicted octanol–water partition coefficient (Wildman–Crippen LogP) is 4.73. The number of para-hydroxylation sites is 1. The summed E-state index contributed by atoms with van der Waals surface area (Å²) in [5, 5.41) is 15.2. The van der Waals surface area contributed by atoms with E-state index in [2.05, 4.69) is 20.9 Å². The van der Waals surface area contributed by atoms with E-state index in [1.165, 1.54) is 12.4 Å². The number of fused-ring (bicyclic) bond motifs is 1. The van der Waals surface area contributed by atoms with Crippen molar-refractivity contribution in [1.82, 2.24) is 29.5 Å². The molecule has 2 aliphatic heterocycles. The van der Waals surface area contributed by atoms with Gasteiger partial charge in [-0.05, 0) is 57.0 Å². The molecule has 11 nitrogen and oxygen atoms in total. The van der Waals surface area contributed by atoms with Gasteiger partial charge in [0.2, 0.25) is 0 Å². The zero-order valence-electron chi connectivity index (χ0n) is 25.3. The number of ether oxygens (including phenoxy) is 2. The number of likely N-dealkylation sites (tertiary alicyclic amines) is 1. The zero-order valence-corrected chi connectivity index (χ0v) is 25.3. The number of hydrogen-bond acceptors (Lipinski definition) is 9. The van der Waals surface area contributed by atoms with Crippen LogP contribution in [0.1, 0.15) is 32.7 Å². The van der Waals surface area contributed by atoms with E-state index in [4.69, 9.17) is 20.3 Å². The fourth-order valence-electron chi connectivity index (χ4n) is 6.05. The highest BCUT2D eigenvalue weighted by Gasteiger charge is 2.33. The van der Waals surface area contributed by atoms with Crippen LogP contribution in [0, 0.1) is 17.1 Å². The molecule has 1 amide bonds. The van der Waals surface area contributed by atoms with Crippen molar-refractivity contribution in [2.45, 2.75) is 38.3 Å². The number of halogens is 1. The number of morpholine rings is 1. The Morgan fingerprint density at radius 2 is 1.91 bits per heavy atom. The first-order chi connectivity index (χ1) is 21.7. The Labute approximate surface area is 260 Å². The molecule has 4 heterocycles. The van der Waals surface area contributed by atoms with Crippen LogP contribution in [0.4, 0.5) is 10.2 Å². The van der Waals surface area contributed by atoms with Gasteiger partial charge in [0.25, 0.3) is 5.91 Å². The minimum Gasteiger partial charge on any atom is -0.457 e. The van der Waals surface area contributed by atoms with Crippen LogP contribution in [0.3, 0.4) is 0 Å². The van der Waals surface area contributed by atoms with Gasteiger partial charge < -0.3 is 20.1 Å². The van der Waals surface area contributed by atoms with Crippen molar-refractivity contribution in [3.8, 4) is 28.8 Å². The monoisotopic (exact) mass is 610 g/mol. The lowest BCUT2D eigenvalue weighted by atomic mass is 9.97. The highest BCUT2D eigenvalue weighted by Crippen LogP contribution is 2.36. The summed E-state index contributed by atoms with van der Waals surface area (Å²) in [4.78, 5) is 26.2. The standard InChI is InChI=1S/C33H35FN8O3/c1-33(2,41-13-15-44-16-14-41)18-22(19-35)32(43)40-12-6-7-23(20-40)42-31-28(30(36)37-21-38-31)29(39-42)26-11-10-25(17-27(26)34)45-24-8-4-3-5-9-24/h3-5,8-11,17-18,21,23H,6-7,12-16,20H2,1-2H3,(H2,36,37,38)/b22-18+/t23-/m1/s1. The molecule has 0 saturated carbocycles. The molecule has 232 valence electrons. The summed E-state index contributed by atoms with van der Waals surface area (Å²) in [7, 11) is 0. The molecule has 2 fully saturated rings. The molecular weight excluding hydrogens is 575 g/mol. The van der Waals surface area contributed by atoms with Crippen LogP contribution < -0.4 is 10.5 Å². The molecule has 0 aliphatic carbocycles. The summed E-state index contributed by atoms with van der Waals surface area (Å²) in [6.45, 7) is 7.51. The first-order valence-electron chi connectivity index (χ1n) is 15.0. The number of amides is 1. The van der Waals surface area contributed by atoms with E-state index < -0.39 is 11.4 Å². The Balaban J connectivity index is 1.28. The number of carbonyl (C=O) groups excluding carboxylic acids is 1. The second-order valence-corrected chi connectivity index (χ2v) is 11.8. The lowest BCUT2D eigenvalue weighted by Gasteiger charge is -2.39. The van der Waals surface area contributed by atoms with Gasteiger partial charge in [0.1, 0.15) is 46.8 Å². The minimum atomic E-state index is -0.537. The molecule has 2 aliphatic rings. The topological polar surface area (TPSA) is 135 Å². The van der Waals surface area contributed by atoms with Gasteiger partial charge >= 0.3 is 0 Å². The summed E-state index contributed by atoms with van der Waals surface area (Å²) < 4.78 is 28.6. The number of nitrogens with zero attached hydrogens (tertiary/aromatic N) is 7. The van der Waals surface area contributed by atoms with Gasteiger partial charge in [-0.1, -0.05) is 18.2 Å². The maximum absolute atomic E-state index is 15.6. The van der Waals surface area contributed by atoms with Crippen molar-refractivity contribution < 1.29 is 18.7 Å². The summed E-state index contributed by atoms with van der Waals surface area (Å²) in [5.41, 5.74) is 6.89. The lowest BCUT2D eigenvalue weighted by Crippen LogP contribution is -2.49. The number of nitrogens with two attached hydrogens (primary N) is 1. The molecule has 0 spiro atoms. The van der Waals surface area contributed by atoms with Crippen LogP contribution in [0.15, 0.2) is 66.5 Å². The fourth-order valence-corrected chi connectivity index (χ4v) is 6.05. The largest absolute Gasteiger partial charge is 0.457 e. The number of hydrogen-bond donors (Lipinski definition) is 1. The third-order valence-corrected chi connectivity index (χ3v) is 8.40. The van der Waals surface area contributed by atoms with Gasteiger partial charge in [0.05, 0.1) is 24.6 Å². The molecule has 12 heteroatoms. The molecule has 4 aromatic rings. The third-order valence-electron chi connectivity index (χ3n) is 8.40. The maximum atomic E-state index is 15.6. The molecule has 45 heavy (non-hydrogen) atoms. The van der Waals surface area contributed by atoms with Gasteiger partial charge in [0.15, 0.2) is 5.65 Å². The molecular formula is C33H35FN8O3. The van der Waals surface area contributed by atoms with Crippen molar-refractivity contribution in [3.05, 3.63) is 72.3 Å². The van der Waals surface area contributed by atoms with Crippen molar-refractivity contribution in [2.75, 3.05) is 45.1 Å². The van der Waals surface area contributed by atoms with Gasteiger partial charge in [-0.15, -0.1) is 0 Å². The Bertz CT molecular complexity index is 1780. The first-order valence-corrected chi connectivity index (χ1v) is 15.0. The SMILES string of the molecule is CC(C)(/C=C(\C#N)C(=O)N1CCC[C@@H](n2nc(-c3ccc(Oc4ccccc4)cc3F)c3c(N)ncnc32)C1)N1CCOCC1. The molecule has 0 radical (unpaired) electrons. The highest BCUT2D eigenvalue weighted by molar-refractivity contribution is 5.99. The fraction of sp³-hybridized carbons (Fsp3) is 0.364. The maximum Gasteiger partial charge on any atom is 0.264 e. The number of nitrogen functional groups attached to an aromatic ring is 1. The molecule has 2 saturated heterocycles. The van der Waals surface area contributed by atoms with E-state index in [-0.39, 0.29) is 28.9 Å². The second kappa shape index (κ2) is 12.6. The summed E-state index contributed by atoms with van der Waals surface area (Å²) in [6.07, 6.45) is 4.51. The summed E-state index contributed by atoms with van der Waals surface area (Å²) in [6, 6.07) is 15.6. The van der Waals surface area contributed by atoms with Gasteiger partial charge in [-0.2, -0.15) is 10.4 Å². The van der Waals surface area contributed by atoms with Crippen LogP contribution >= 0.6 is 0 Å². The number of piperidine rings is 1. The van der Waals surface area contributed by atoms with Gasteiger partial charge in [0, 0.05) is 43.3 Å². The lowest BCUT2D eigenvalue weighted by molar-refractivity contribution is -0.128. The quantitative estimate of drug-likeness (QED) is 0.233. The average Bonchev–Trinajstić information content (AvgIpc) is 3.45. The minimum absolute atomic E-state index is 0.101. The van der Waals surface area contributed by atoms with Crippen LogP contribution in [0.5, 0.6) is 11.5 Å². The number of rotatable bonds is 7. The Morgan fingerprint density at radius 3 is 2.64 bits per heavy atom. The van der Waals surface area contributed by atoms with E-state index in [1.807, 2.05) is 32.0 Å². The number of benzene rings is 2. The number of aromatic nitrogens is 4. The van der Waals surface area contributed by atoms with Crippen molar-refractivity contribution in [2.24, 2.45) is 0 Å². The molecule has 0 unspecified atom stereocenters. The van der Waals surface area contributed by atoms with Crippen molar-refractivity contribution >= 4 is 22.8 Å². The normalized spacial score (nSPS) is 18.1. The van der Waals surface area contributed by atoms with Crippen molar-refractivity contribution in [3.63, 3.8) is 0 Å². The Morgan fingerprint density at radius 1 is 1.13 bits per heavy atom. The average molecular weight is 611 g/mol. The molecule has 0 bridgehead atoms. The Kier molecular flexibility index (Phi) is 8.47. The zero-order chi connectivity index (χ0) is 31.6. The molecule has 2 aromatic carbocycles. The highest BCUT2D eigenvalue weighted by atomic mass is 19.1. The van der Waals surface area contributed by atoms with Crippen LogP contribution in [-0.2, 0) is 9.53 Å². The molecule has 1 atom stereocenters. The van der Waals surface area contributed by atoms with Gasteiger partial charge in [-0.25, -0.2) is 19.0 Å². The molecule has 6 rings (SSSR count). The van der Waals surface area contributed by atoms with E-state index in [9.17, 15) is 10.1 Å². The third kappa shape index (κ3) is 6.22. The first kappa shape index (κ1) is 30.2. The summed E-state index contributed by atoms with van der Waals surface area (Å²) in [5.74, 6) is 0.247. The number of nitriles is 1. The Hall–Kier alpha value is -4.86. The smallest absolute Gasteiger partial charge is 0.264 e. The van der Waals surface area contributed by atoms with Crippen LogP contribution in [-0.4, -0.2) is 80.4 Å². The van der Waals surface area contributed by atoms with E-state index in [1.54, 1.807) is 39.9 Å². The predicted molar refractivity (Wildman–Crippen MR) is 167 cm³/mol. The molecule has 2 N–H and O–H groups in total. The second-order valence-electron chi connectivity index (χ2n) is 11.8. The van der Waals surface area contributed by atoms with Crippen LogP contribution in [0.2, 0.25) is 0 Å². The van der Waals surface area contributed by atoms with E-state index >= 15 is 4.39 Å². The molecule has 2 aromatic heterocycles. The number of carbonyl (C=O) groups is 1. The van der Waals surface area contributed by atoms with Crippen molar-refractivity contribution in [1.29, 1.82) is 5.26 Å². The van der Waals surface area contributed by atoms with Gasteiger partial charge in [-0.3, -0.25) is 9.69 Å². The van der Waals surface area contributed by atoms with E-state index in [0.29, 0.717) is 67.4 Å².